The molecule has 1 heterocycles. The number of aromatic nitrogens is 1. The molecule has 0 aliphatic heterocycles. The maximum Gasteiger partial charge on any atom is 0.0765 e. The van der Waals surface area contributed by atoms with Crippen molar-refractivity contribution in [2.75, 3.05) is 0 Å². The zero-order chi connectivity index (χ0) is 6.69. The Bertz CT molecular complexity index is 220. The van der Waals surface area contributed by atoms with Crippen LogP contribution in [0.25, 0.3) is 6.08 Å². The van der Waals surface area contributed by atoms with Gasteiger partial charge in [0, 0.05) is 10.7 Å². The van der Waals surface area contributed by atoms with E-state index < -0.39 is 0 Å². The normalized spacial score (nSPS) is 9.00. The lowest BCUT2D eigenvalue weighted by atomic mass is 10.3. The fraction of sp³-hybridized carbons (Fsp3) is 0. The molecule has 9 heavy (non-hydrogen) atoms. The van der Waals surface area contributed by atoms with E-state index in [-0.39, 0.29) is 0 Å². The van der Waals surface area contributed by atoms with Crippen molar-refractivity contribution < 1.29 is 0 Å². The molecule has 46 valence electrons. The van der Waals surface area contributed by atoms with Crippen molar-refractivity contribution in [2.24, 2.45) is 0 Å². The molecule has 0 amide bonds. The van der Waals surface area contributed by atoms with Gasteiger partial charge >= 0.3 is 0 Å². The lowest BCUT2D eigenvalue weighted by Crippen LogP contribution is -1.78. The number of hydrogen-bond acceptors (Lipinski definition) is 1. The minimum absolute atomic E-state index is 0.887. The molecule has 0 aromatic carbocycles. The third kappa shape index (κ3) is 1.39. The van der Waals surface area contributed by atoms with Crippen molar-refractivity contribution >= 4 is 22.0 Å². The topological polar surface area (TPSA) is 12.9 Å². The summed E-state index contributed by atoms with van der Waals surface area (Å²) in [5.74, 6) is 0. The molecule has 0 unspecified atom stereocenters. The molecular formula is C7H6BrN. The molecule has 0 bridgehead atoms. The van der Waals surface area contributed by atoms with Crippen molar-refractivity contribution in [3.05, 3.63) is 35.1 Å². The van der Waals surface area contributed by atoms with Gasteiger partial charge in [-0.1, -0.05) is 6.58 Å². The SMILES string of the molecule is C=Cc1ncccc1Br. The molecule has 1 nitrogen and oxygen atoms in total. The summed E-state index contributed by atoms with van der Waals surface area (Å²) >= 11 is 3.32. The second kappa shape index (κ2) is 2.78. The highest BCUT2D eigenvalue weighted by Gasteiger charge is 1.90. The average molecular weight is 184 g/mol. The van der Waals surface area contributed by atoms with E-state index in [1.165, 1.54) is 0 Å². The summed E-state index contributed by atoms with van der Waals surface area (Å²) in [6.45, 7) is 3.60. The van der Waals surface area contributed by atoms with Crippen LogP contribution in [0.4, 0.5) is 0 Å². The second-order valence-electron chi connectivity index (χ2n) is 1.57. The highest BCUT2D eigenvalue weighted by Crippen LogP contribution is 2.13. The summed E-state index contributed by atoms with van der Waals surface area (Å²) in [6.07, 6.45) is 3.45. The van der Waals surface area contributed by atoms with Gasteiger partial charge in [0.1, 0.15) is 0 Å². The van der Waals surface area contributed by atoms with Crippen LogP contribution in [0.5, 0.6) is 0 Å². The predicted molar refractivity (Wildman–Crippen MR) is 42.0 cm³/mol. The molecule has 2 heteroatoms. The number of halogens is 1. The molecule has 0 N–H and O–H groups in total. The van der Waals surface area contributed by atoms with Gasteiger partial charge in [-0.3, -0.25) is 4.98 Å². The molecule has 0 aliphatic rings. The first-order valence-corrected chi connectivity index (χ1v) is 3.37. The van der Waals surface area contributed by atoms with Crippen LogP contribution in [0.1, 0.15) is 5.69 Å². The van der Waals surface area contributed by atoms with Crippen molar-refractivity contribution in [3.8, 4) is 0 Å². The van der Waals surface area contributed by atoms with E-state index in [9.17, 15) is 0 Å². The third-order valence-electron chi connectivity index (χ3n) is 0.980. The van der Waals surface area contributed by atoms with Gasteiger partial charge in [-0.05, 0) is 34.1 Å². The average Bonchev–Trinajstić information content (AvgIpc) is 1.89. The first-order chi connectivity index (χ1) is 4.34. The Morgan fingerprint density at radius 2 is 2.44 bits per heavy atom. The molecule has 0 aliphatic carbocycles. The number of hydrogen-bond donors (Lipinski definition) is 0. The second-order valence-corrected chi connectivity index (χ2v) is 2.43. The molecule has 0 atom stereocenters. The lowest BCUT2D eigenvalue weighted by molar-refractivity contribution is 1.28. The summed E-state index contributed by atoms with van der Waals surface area (Å²) in [7, 11) is 0. The Labute approximate surface area is 62.6 Å². The predicted octanol–water partition coefficient (Wildman–Crippen LogP) is 2.49. The van der Waals surface area contributed by atoms with Crippen molar-refractivity contribution in [2.45, 2.75) is 0 Å². The van der Waals surface area contributed by atoms with E-state index in [1.54, 1.807) is 12.3 Å². The molecule has 1 aromatic rings. The van der Waals surface area contributed by atoms with Crippen LogP contribution < -0.4 is 0 Å². The Hall–Kier alpha value is -0.630. The molecule has 1 rings (SSSR count). The Morgan fingerprint density at radius 1 is 1.67 bits per heavy atom. The zero-order valence-corrected chi connectivity index (χ0v) is 6.43. The molecule has 0 spiro atoms. The van der Waals surface area contributed by atoms with Crippen LogP contribution in [-0.4, -0.2) is 4.98 Å². The molecular weight excluding hydrogens is 178 g/mol. The number of pyridine rings is 1. The van der Waals surface area contributed by atoms with Crippen LogP contribution in [0.15, 0.2) is 29.4 Å². The van der Waals surface area contributed by atoms with Crippen LogP contribution in [0, 0.1) is 0 Å². The fourth-order valence-corrected chi connectivity index (χ4v) is 0.965. The van der Waals surface area contributed by atoms with Gasteiger partial charge in [0.25, 0.3) is 0 Å². The summed E-state index contributed by atoms with van der Waals surface area (Å²) < 4.78 is 0.986. The van der Waals surface area contributed by atoms with Gasteiger partial charge in [0.05, 0.1) is 5.69 Å². The van der Waals surface area contributed by atoms with Crippen LogP contribution >= 0.6 is 15.9 Å². The highest BCUT2D eigenvalue weighted by molar-refractivity contribution is 9.10. The van der Waals surface area contributed by atoms with E-state index >= 15 is 0 Å². The molecule has 0 saturated heterocycles. The van der Waals surface area contributed by atoms with Gasteiger partial charge in [-0.2, -0.15) is 0 Å². The van der Waals surface area contributed by atoms with E-state index in [1.807, 2.05) is 12.1 Å². The monoisotopic (exact) mass is 183 g/mol. The molecule has 1 aromatic heterocycles. The van der Waals surface area contributed by atoms with E-state index in [2.05, 4.69) is 27.5 Å². The van der Waals surface area contributed by atoms with Gasteiger partial charge in [0.2, 0.25) is 0 Å². The van der Waals surface area contributed by atoms with Gasteiger partial charge in [0.15, 0.2) is 0 Å². The summed E-state index contributed by atoms with van der Waals surface area (Å²) in [5, 5.41) is 0. The minimum Gasteiger partial charge on any atom is -0.256 e. The summed E-state index contributed by atoms with van der Waals surface area (Å²) in [4.78, 5) is 4.03. The summed E-state index contributed by atoms with van der Waals surface area (Å²) in [5.41, 5.74) is 0.887. The van der Waals surface area contributed by atoms with Gasteiger partial charge in [-0.25, -0.2) is 0 Å². The zero-order valence-electron chi connectivity index (χ0n) is 4.84. The summed E-state index contributed by atoms with van der Waals surface area (Å²) in [6, 6.07) is 3.81. The Kier molecular flexibility index (Phi) is 2.01. The first kappa shape index (κ1) is 6.49. The van der Waals surface area contributed by atoms with Crippen LogP contribution in [0.2, 0.25) is 0 Å². The minimum atomic E-state index is 0.887. The van der Waals surface area contributed by atoms with E-state index in [0.29, 0.717) is 0 Å². The van der Waals surface area contributed by atoms with Crippen molar-refractivity contribution in [3.63, 3.8) is 0 Å². The Morgan fingerprint density at radius 3 is 2.89 bits per heavy atom. The maximum absolute atomic E-state index is 4.03. The van der Waals surface area contributed by atoms with Crippen molar-refractivity contribution in [1.29, 1.82) is 0 Å². The van der Waals surface area contributed by atoms with E-state index in [0.717, 1.165) is 10.2 Å². The third-order valence-corrected chi connectivity index (χ3v) is 1.65. The van der Waals surface area contributed by atoms with E-state index in [4.69, 9.17) is 0 Å². The van der Waals surface area contributed by atoms with Crippen molar-refractivity contribution in [1.82, 2.24) is 4.98 Å². The Balaban J connectivity index is 3.15. The standard InChI is InChI=1S/C7H6BrN/c1-2-7-6(8)4-3-5-9-7/h2-5H,1H2. The first-order valence-electron chi connectivity index (χ1n) is 2.57. The highest BCUT2D eigenvalue weighted by atomic mass is 79.9. The largest absolute Gasteiger partial charge is 0.256 e. The maximum atomic E-state index is 4.03. The molecule has 0 radical (unpaired) electrons. The van der Waals surface area contributed by atoms with Gasteiger partial charge < -0.3 is 0 Å². The lowest BCUT2D eigenvalue weighted by Gasteiger charge is -1.92. The molecule has 0 fully saturated rings. The van der Waals surface area contributed by atoms with Crippen LogP contribution in [0.3, 0.4) is 0 Å². The fourth-order valence-electron chi connectivity index (χ4n) is 0.548. The quantitative estimate of drug-likeness (QED) is 0.653. The van der Waals surface area contributed by atoms with Gasteiger partial charge in [-0.15, -0.1) is 0 Å². The van der Waals surface area contributed by atoms with Crippen LogP contribution in [-0.2, 0) is 0 Å². The number of rotatable bonds is 1. The smallest absolute Gasteiger partial charge is 0.0765 e. The molecule has 0 saturated carbocycles. The number of nitrogens with zero attached hydrogens (tertiary/aromatic N) is 1.